The Bertz CT molecular complexity index is 441. The predicted octanol–water partition coefficient (Wildman–Crippen LogP) is 1.72. The van der Waals surface area contributed by atoms with Crippen molar-refractivity contribution in [3.05, 3.63) is 10.6 Å². The number of carbonyl (C=O) groups is 1. The van der Waals surface area contributed by atoms with E-state index in [1.807, 2.05) is 26.0 Å². The van der Waals surface area contributed by atoms with Crippen molar-refractivity contribution in [2.45, 2.75) is 18.8 Å². The van der Waals surface area contributed by atoms with Crippen LogP contribution in [0.2, 0.25) is 0 Å². The van der Waals surface area contributed by atoms with Gasteiger partial charge in [0.1, 0.15) is 4.88 Å². The quantitative estimate of drug-likeness (QED) is 0.852. The smallest absolute Gasteiger partial charge is 0.347 e. The van der Waals surface area contributed by atoms with Gasteiger partial charge in [0.2, 0.25) is 0 Å². The molecule has 6 heteroatoms. The van der Waals surface area contributed by atoms with Crippen LogP contribution < -0.4 is 4.90 Å². The lowest BCUT2D eigenvalue weighted by Crippen LogP contribution is -2.28. The summed E-state index contributed by atoms with van der Waals surface area (Å²) in [5.41, 5.74) is 0.791. The first-order chi connectivity index (χ1) is 8.49. The molecule has 0 bridgehead atoms. The number of aromatic carboxylic acids is 1. The molecule has 5 nitrogen and oxygen atoms in total. The third kappa shape index (κ3) is 3.00. The van der Waals surface area contributed by atoms with Crippen LogP contribution >= 0.6 is 11.3 Å². The highest BCUT2D eigenvalue weighted by Crippen LogP contribution is 2.44. The number of likely N-dealkylation sites (N-methyl/N-ethyl adjacent to an activating group) is 2. The predicted molar refractivity (Wildman–Crippen MR) is 72.9 cm³/mol. The van der Waals surface area contributed by atoms with E-state index in [1.54, 1.807) is 0 Å². The number of carboxylic acid groups (broad SMARTS) is 1. The van der Waals surface area contributed by atoms with Crippen molar-refractivity contribution < 1.29 is 9.90 Å². The molecule has 1 aliphatic carbocycles. The van der Waals surface area contributed by atoms with E-state index in [0.717, 1.165) is 36.8 Å². The van der Waals surface area contributed by atoms with Crippen LogP contribution in [0.15, 0.2) is 0 Å². The molecule has 0 unspecified atom stereocenters. The number of hydrogen-bond acceptors (Lipinski definition) is 5. The van der Waals surface area contributed by atoms with Gasteiger partial charge in [0.25, 0.3) is 0 Å². The van der Waals surface area contributed by atoms with E-state index in [-0.39, 0.29) is 0 Å². The largest absolute Gasteiger partial charge is 0.477 e. The van der Waals surface area contributed by atoms with Crippen LogP contribution in [0.1, 0.15) is 34.1 Å². The second-order valence-corrected chi connectivity index (χ2v) is 5.99. The molecule has 1 aromatic heterocycles. The third-order valence-electron chi connectivity index (χ3n) is 3.01. The third-order valence-corrected chi connectivity index (χ3v) is 4.18. The van der Waals surface area contributed by atoms with Gasteiger partial charge in [-0.2, -0.15) is 0 Å². The fourth-order valence-electron chi connectivity index (χ4n) is 1.72. The van der Waals surface area contributed by atoms with Crippen molar-refractivity contribution in [1.82, 2.24) is 9.88 Å². The number of rotatable bonds is 6. The van der Waals surface area contributed by atoms with Gasteiger partial charge in [-0.1, -0.05) is 11.3 Å². The molecular weight excluding hydrogens is 250 g/mol. The highest BCUT2D eigenvalue weighted by molar-refractivity contribution is 7.17. The molecule has 0 atom stereocenters. The number of anilines is 1. The lowest BCUT2D eigenvalue weighted by molar-refractivity contribution is 0.0700. The maximum Gasteiger partial charge on any atom is 0.347 e. The molecule has 1 aliphatic rings. The standard InChI is InChI=1S/C12H19N3O2S/c1-14(2)6-7-15(3)12-13-9(8-4-5-8)10(18-12)11(16)17/h8H,4-7H2,1-3H3,(H,16,17). The highest BCUT2D eigenvalue weighted by atomic mass is 32.1. The molecule has 0 amide bonds. The highest BCUT2D eigenvalue weighted by Gasteiger charge is 2.32. The molecule has 1 saturated carbocycles. The Labute approximate surface area is 111 Å². The summed E-state index contributed by atoms with van der Waals surface area (Å²) < 4.78 is 0. The maximum atomic E-state index is 11.2. The van der Waals surface area contributed by atoms with Gasteiger partial charge < -0.3 is 14.9 Å². The zero-order valence-corrected chi connectivity index (χ0v) is 11.8. The zero-order chi connectivity index (χ0) is 13.3. The monoisotopic (exact) mass is 269 g/mol. The normalized spacial score (nSPS) is 15.1. The molecule has 1 aromatic rings. The minimum atomic E-state index is -0.846. The summed E-state index contributed by atoms with van der Waals surface area (Å²) in [6.07, 6.45) is 2.15. The van der Waals surface area contributed by atoms with Crippen LogP contribution in [0.4, 0.5) is 5.13 Å². The summed E-state index contributed by atoms with van der Waals surface area (Å²) in [6, 6.07) is 0. The van der Waals surface area contributed by atoms with Gasteiger partial charge in [0.15, 0.2) is 5.13 Å². The number of aromatic nitrogens is 1. The number of nitrogens with zero attached hydrogens (tertiary/aromatic N) is 3. The minimum absolute atomic E-state index is 0.378. The summed E-state index contributed by atoms with van der Waals surface area (Å²) in [5, 5.41) is 10.0. The van der Waals surface area contributed by atoms with E-state index in [9.17, 15) is 9.90 Å². The lowest BCUT2D eigenvalue weighted by Gasteiger charge is -2.18. The average molecular weight is 269 g/mol. The van der Waals surface area contributed by atoms with Gasteiger partial charge in [0.05, 0.1) is 5.69 Å². The molecule has 2 rings (SSSR count). The number of carboxylic acids is 1. The minimum Gasteiger partial charge on any atom is -0.477 e. The molecule has 1 heterocycles. The van der Waals surface area contributed by atoms with Crippen molar-refractivity contribution in [2.24, 2.45) is 0 Å². The van der Waals surface area contributed by atoms with E-state index in [1.165, 1.54) is 11.3 Å². The molecule has 1 N–H and O–H groups in total. The molecule has 0 saturated heterocycles. The van der Waals surface area contributed by atoms with Crippen LogP contribution in [0.3, 0.4) is 0 Å². The fraction of sp³-hybridized carbons (Fsp3) is 0.667. The molecule has 0 spiro atoms. The first-order valence-corrected chi connectivity index (χ1v) is 6.90. The lowest BCUT2D eigenvalue weighted by atomic mass is 10.2. The summed E-state index contributed by atoms with van der Waals surface area (Å²) in [4.78, 5) is 20.3. The van der Waals surface area contributed by atoms with Crippen molar-refractivity contribution in [2.75, 3.05) is 39.1 Å². The first kappa shape index (κ1) is 13.3. The Morgan fingerprint density at radius 3 is 2.56 bits per heavy atom. The molecule has 1 fully saturated rings. The van der Waals surface area contributed by atoms with Gasteiger partial charge in [-0.3, -0.25) is 0 Å². The Morgan fingerprint density at radius 2 is 2.06 bits per heavy atom. The summed E-state index contributed by atoms with van der Waals surface area (Å²) in [5.74, 6) is -0.468. The van der Waals surface area contributed by atoms with E-state index >= 15 is 0 Å². The Balaban J connectivity index is 2.13. The second kappa shape index (κ2) is 5.24. The summed E-state index contributed by atoms with van der Waals surface area (Å²) >= 11 is 1.29. The maximum absolute atomic E-state index is 11.2. The van der Waals surface area contributed by atoms with Crippen LogP contribution in [0, 0.1) is 0 Å². The topological polar surface area (TPSA) is 56.7 Å². The first-order valence-electron chi connectivity index (χ1n) is 6.09. The van der Waals surface area contributed by atoms with Gasteiger partial charge in [0, 0.05) is 26.1 Å². The van der Waals surface area contributed by atoms with Gasteiger partial charge in [-0.25, -0.2) is 9.78 Å². The van der Waals surface area contributed by atoms with Crippen molar-refractivity contribution in [3.63, 3.8) is 0 Å². The van der Waals surface area contributed by atoms with E-state index < -0.39 is 5.97 Å². The molecule has 100 valence electrons. The summed E-state index contributed by atoms with van der Waals surface area (Å²) in [6.45, 7) is 1.78. The van der Waals surface area contributed by atoms with E-state index in [2.05, 4.69) is 9.88 Å². The van der Waals surface area contributed by atoms with Crippen LogP contribution in [-0.4, -0.2) is 55.2 Å². The van der Waals surface area contributed by atoms with Gasteiger partial charge in [-0.05, 0) is 26.9 Å². The molecule has 0 aliphatic heterocycles. The zero-order valence-electron chi connectivity index (χ0n) is 11.0. The van der Waals surface area contributed by atoms with Crippen LogP contribution in [0.25, 0.3) is 0 Å². The van der Waals surface area contributed by atoms with Crippen molar-refractivity contribution in [3.8, 4) is 0 Å². The summed E-state index contributed by atoms with van der Waals surface area (Å²) in [7, 11) is 6.01. The van der Waals surface area contributed by atoms with Gasteiger partial charge in [-0.15, -0.1) is 0 Å². The second-order valence-electron chi connectivity index (χ2n) is 5.02. The average Bonchev–Trinajstić information content (AvgIpc) is 3.04. The number of hydrogen-bond donors (Lipinski definition) is 1. The Kier molecular flexibility index (Phi) is 3.87. The van der Waals surface area contributed by atoms with E-state index in [4.69, 9.17) is 0 Å². The Morgan fingerprint density at radius 1 is 1.39 bits per heavy atom. The molecular formula is C12H19N3O2S. The Hall–Kier alpha value is -1.14. The SMILES string of the molecule is CN(C)CCN(C)c1nc(C2CC2)c(C(=O)O)s1. The van der Waals surface area contributed by atoms with Crippen molar-refractivity contribution >= 4 is 22.4 Å². The molecule has 18 heavy (non-hydrogen) atoms. The molecule has 0 aromatic carbocycles. The van der Waals surface area contributed by atoms with Gasteiger partial charge >= 0.3 is 5.97 Å². The van der Waals surface area contributed by atoms with Crippen LogP contribution in [-0.2, 0) is 0 Å². The number of thiazole rings is 1. The van der Waals surface area contributed by atoms with E-state index in [0.29, 0.717) is 10.8 Å². The molecule has 0 radical (unpaired) electrons. The van der Waals surface area contributed by atoms with Crippen molar-refractivity contribution in [1.29, 1.82) is 0 Å². The fourth-order valence-corrected chi connectivity index (χ4v) is 2.69. The van der Waals surface area contributed by atoms with Crippen LogP contribution in [0.5, 0.6) is 0 Å².